The van der Waals surface area contributed by atoms with Gasteiger partial charge in [0.2, 0.25) is 11.8 Å². The van der Waals surface area contributed by atoms with Gasteiger partial charge < -0.3 is 14.8 Å². The molecule has 2 aliphatic rings. The van der Waals surface area contributed by atoms with E-state index in [9.17, 15) is 14.4 Å². The Morgan fingerprint density at radius 2 is 1.91 bits per heavy atom. The van der Waals surface area contributed by atoms with E-state index >= 15 is 0 Å². The minimum atomic E-state index is -0.448. The van der Waals surface area contributed by atoms with Crippen LogP contribution in [-0.4, -0.2) is 55.1 Å². The van der Waals surface area contributed by atoms with Crippen molar-refractivity contribution in [1.82, 2.24) is 10.9 Å². The normalized spacial score (nSPS) is 19.3. The highest BCUT2D eigenvalue weighted by Gasteiger charge is 2.42. The highest BCUT2D eigenvalue weighted by atomic mass is 32.2. The van der Waals surface area contributed by atoms with Gasteiger partial charge in [0.25, 0.3) is 0 Å². The zero-order valence-electron chi connectivity index (χ0n) is 18.7. The first kappa shape index (κ1) is 23.7. The summed E-state index contributed by atoms with van der Waals surface area (Å²) in [5.41, 5.74) is 7.58. The largest absolute Gasteiger partial charge is 0.494 e. The number of rotatable bonds is 7. The van der Waals surface area contributed by atoms with Crippen molar-refractivity contribution in [3.05, 3.63) is 54.1 Å². The number of aliphatic imine (C=N–C) groups is 1. The Hall–Kier alpha value is -3.41. The van der Waals surface area contributed by atoms with E-state index in [-0.39, 0.29) is 29.7 Å². The van der Waals surface area contributed by atoms with Gasteiger partial charge in [0, 0.05) is 12.2 Å². The molecule has 34 heavy (non-hydrogen) atoms. The Kier molecular flexibility index (Phi) is 7.46. The zero-order valence-corrected chi connectivity index (χ0v) is 19.6. The minimum Gasteiger partial charge on any atom is -0.494 e. The Balaban J connectivity index is 1.46. The number of benzene rings is 2. The fourth-order valence-corrected chi connectivity index (χ4v) is 4.44. The molecule has 2 amide bonds. The number of fused-ring (bicyclic) bond motifs is 1. The number of thioether (sulfide) groups is 1. The lowest BCUT2D eigenvalue weighted by Crippen LogP contribution is -2.49. The molecule has 2 aromatic carbocycles. The predicted octanol–water partition coefficient (Wildman–Crippen LogP) is 2.00. The number of carbonyl (C=O) groups is 3. The smallest absolute Gasteiger partial charge is 0.337 e. The molecule has 0 bridgehead atoms. The second kappa shape index (κ2) is 10.7. The van der Waals surface area contributed by atoms with Gasteiger partial charge in [-0.1, -0.05) is 11.8 Å². The van der Waals surface area contributed by atoms with Gasteiger partial charge in [-0.05, 0) is 55.5 Å². The molecular formula is C23H25N5O5S. The molecule has 2 unspecified atom stereocenters. The number of esters is 1. The van der Waals surface area contributed by atoms with Crippen LogP contribution in [0.2, 0.25) is 0 Å². The number of methoxy groups -OCH3 is 1. The monoisotopic (exact) mass is 483 g/mol. The molecule has 4 rings (SSSR count). The van der Waals surface area contributed by atoms with Crippen LogP contribution < -0.4 is 25.8 Å². The van der Waals surface area contributed by atoms with Crippen LogP contribution in [0.3, 0.4) is 0 Å². The van der Waals surface area contributed by atoms with Crippen molar-refractivity contribution in [1.29, 1.82) is 0 Å². The van der Waals surface area contributed by atoms with Crippen LogP contribution in [0.5, 0.6) is 5.75 Å². The Labute approximate surface area is 201 Å². The van der Waals surface area contributed by atoms with Crippen LogP contribution in [0.1, 0.15) is 17.3 Å². The first-order chi connectivity index (χ1) is 16.5. The van der Waals surface area contributed by atoms with Crippen molar-refractivity contribution in [3.8, 4) is 5.75 Å². The fourth-order valence-electron chi connectivity index (χ4n) is 3.60. The molecule has 11 heteroatoms. The van der Waals surface area contributed by atoms with Crippen molar-refractivity contribution in [3.63, 3.8) is 0 Å². The summed E-state index contributed by atoms with van der Waals surface area (Å²) in [6.07, 6.45) is -0.386. The van der Waals surface area contributed by atoms with E-state index in [0.717, 1.165) is 0 Å². The molecule has 178 valence electrons. The number of amides is 2. The van der Waals surface area contributed by atoms with Crippen molar-refractivity contribution >= 4 is 46.1 Å². The minimum absolute atomic E-state index is 0.0449. The van der Waals surface area contributed by atoms with Crippen LogP contribution in [0, 0.1) is 5.92 Å². The summed E-state index contributed by atoms with van der Waals surface area (Å²) in [6, 6.07) is 13.6. The maximum atomic E-state index is 13.3. The van der Waals surface area contributed by atoms with Crippen LogP contribution in [-0.2, 0) is 14.3 Å². The number of amidine groups is 1. The highest BCUT2D eigenvalue weighted by Crippen LogP contribution is 2.30. The summed E-state index contributed by atoms with van der Waals surface area (Å²) in [5, 5.41) is 3.22. The van der Waals surface area contributed by atoms with E-state index in [1.807, 2.05) is 6.92 Å². The lowest BCUT2D eigenvalue weighted by Gasteiger charge is -2.32. The van der Waals surface area contributed by atoms with Gasteiger partial charge in [-0.25, -0.2) is 15.2 Å². The van der Waals surface area contributed by atoms with Gasteiger partial charge in [-0.2, -0.15) is 0 Å². The summed E-state index contributed by atoms with van der Waals surface area (Å²) in [7, 11) is 1.31. The Bertz CT molecular complexity index is 1090. The van der Waals surface area contributed by atoms with Crippen molar-refractivity contribution < 1.29 is 23.9 Å². The number of carbonyl (C=O) groups excluding carboxylic acids is 3. The first-order valence-electron chi connectivity index (χ1n) is 10.7. The maximum absolute atomic E-state index is 13.3. The molecular weight excluding hydrogens is 458 g/mol. The molecule has 10 nitrogen and oxygen atoms in total. The lowest BCUT2D eigenvalue weighted by molar-refractivity contribution is -0.121. The maximum Gasteiger partial charge on any atom is 0.337 e. The quantitative estimate of drug-likeness (QED) is 0.512. The Morgan fingerprint density at radius 1 is 1.18 bits per heavy atom. The second-order valence-electron chi connectivity index (χ2n) is 7.49. The molecule has 0 aliphatic carbocycles. The number of nitrogens with one attached hydrogen (secondary N) is 3. The van der Waals surface area contributed by atoms with Gasteiger partial charge in [0.05, 0.1) is 36.6 Å². The van der Waals surface area contributed by atoms with Crippen molar-refractivity contribution in [2.45, 2.75) is 13.1 Å². The number of ether oxygens (including phenoxy) is 2. The highest BCUT2D eigenvalue weighted by molar-refractivity contribution is 8.14. The summed E-state index contributed by atoms with van der Waals surface area (Å²) >= 11 is 1.18. The molecule has 2 aromatic rings. The molecule has 0 aromatic heterocycles. The van der Waals surface area contributed by atoms with Gasteiger partial charge in [-0.15, -0.1) is 0 Å². The van der Waals surface area contributed by atoms with E-state index in [1.165, 1.54) is 18.9 Å². The molecule has 3 N–H and O–H groups in total. The number of hydrogen-bond donors (Lipinski definition) is 3. The third kappa shape index (κ3) is 5.22. The third-order valence-electron chi connectivity index (χ3n) is 5.26. The SMILES string of the molecule is CCOc1ccc(N2C(=O)C3CNNC3N=C2SCC(=O)Nc2ccc(C(=O)OC)cc2)cc1. The van der Waals surface area contributed by atoms with Crippen LogP contribution in [0.4, 0.5) is 11.4 Å². The van der Waals surface area contributed by atoms with E-state index in [0.29, 0.717) is 41.0 Å². The van der Waals surface area contributed by atoms with Gasteiger partial charge in [0.15, 0.2) is 5.17 Å². The van der Waals surface area contributed by atoms with Crippen molar-refractivity contribution in [2.75, 3.05) is 36.2 Å². The Morgan fingerprint density at radius 3 is 2.59 bits per heavy atom. The van der Waals surface area contributed by atoms with E-state index in [4.69, 9.17) is 4.74 Å². The van der Waals surface area contributed by atoms with E-state index < -0.39 is 5.97 Å². The average Bonchev–Trinajstić information content (AvgIpc) is 3.33. The third-order valence-corrected chi connectivity index (χ3v) is 6.21. The van der Waals surface area contributed by atoms with Crippen LogP contribution in [0.15, 0.2) is 53.5 Å². The van der Waals surface area contributed by atoms with Gasteiger partial charge in [0.1, 0.15) is 11.9 Å². The standard InChI is InChI=1S/C23H25N5O5S/c1-3-33-17-10-8-16(9-11-17)28-21(30)18-12-24-27-20(18)26-23(28)34-13-19(29)25-15-6-4-14(5-7-15)22(31)32-2/h4-11,18,20,24,27H,3,12-13H2,1-2H3,(H,25,29). The lowest BCUT2D eigenvalue weighted by atomic mass is 10.0. The number of anilines is 2. The second-order valence-corrected chi connectivity index (χ2v) is 8.44. The molecule has 2 aliphatic heterocycles. The summed E-state index contributed by atoms with van der Waals surface area (Å²) in [6.45, 7) is 2.93. The summed E-state index contributed by atoms with van der Waals surface area (Å²) in [4.78, 5) is 43.6. The van der Waals surface area contributed by atoms with Gasteiger partial charge in [-0.3, -0.25) is 19.9 Å². The summed E-state index contributed by atoms with van der Waals surface area (Å²) < 4.78 is 10.2. The summed E-state index contributed by atoms with van der Waals surface area (Å²) in [5.74, 6) is -0.389. The van der Waals surface area contributed by atoms with E-state index in [2.05, 4.69) is 25.9 Å². The predicted molar refractivity (Wildman–Crippen MR) is 130 cm³/mol. The number of nitrogens with zero attached hydrogens (tertiary/aromatic N) is 2. The van der Waals surface area contributed by atoms with E-state index in [1.54, 1.807) is 53.4 Å². The molecule has 0 spiro atoms. The number of hydrogen-bond acceptors (Lipinski definition) is 9. The molecule has 1 saturated heterocycles. The molecule has 1 fully saturated rings. The number of hydrazine groups is 1. The van der Waals surface area contributed by atoms with Crippen molar-refractivity contribution in [2.24, 2.45) is 10.9 Å². The average molecular weight is 484 g/mol. The fraction of sp³-hybridized carbons (Fsp3) is 0.304. The first-order valence-corrected chi connectivity index (χ1v) is 11.7. The molecule has 0 radical (unpaired) electrons. The zero-order chi connectivity index (χ0) is 24.1. The topological polar surface area (TPSA) is 121 Å². The molecule has 2 atom stereocenters. The molecule has 2 heterocycles. The van der Waals surface area contributed by atoms with Gasteiger partial charge >= 0.3 is 5.97 Å². The van der Waals surface area contributed by atoms with Crippen LogP contribution in [0.25, 0.3) is 0 Å². The molecule has 0 saturated carbocycles. The van der Waals surface area contributed by atoms with Crippen LogP contribution >= 0.6 is 11.8 Å².